The van der Waals surface area contributed by atoms with Crippen LogP contribution >= 0.6 is 24.0 Å². The maximum absolute atomic E-state index is 5.55. The van der Waals surface area contributed by atoms with Gasteiger partial charge in [0, 0.05) is 51.4 Å². The van der Waals surface area contributed by atoms with E-state index < -0.39 is 0 Å². The van der Waals surface area contributed by atoms with E-state index in [1.165, 1.54) is 6.42 Å². The molecule has 2 aliphatic rings. The van der Waals surface area contributed by atoms with Gasteiger partial charge in [-0.1, -0.05) is 27.7 Å². The van der Waals surface area contributed by atoms with Gasteiger partial charge in [0.05, 0.1) is 33.0 Å². The summed E-state index contributed by atoms with van der Waals surface area (Å²) in [7, 11) is 0. The lowest BCUT2D eigenvalue weighted by Crippen LogP contribution is -2.53. The van der Waals surface area contributed by atoms with E-state index in [-0.39, 0.29) is 24.0 Å². The van der Waals surface area contributed by atoms with E-state index in [1.807, 2.05) is 0 Å². The fourth-order valence-corrected chi connectivity index (χ4v) is 4.26. The highest BCUT2D eigenvalue weighted by Gasteiger charge is 2.25. The van der Waals surface area contributed by atoms with Crippen LogP contribution in [0.15, 0.2) is 4.99 Å². The van der Waals surface area contributed by atoms with Gasteiger partial charge in [-0.15, -0.1) is 24.0 Å². The summed E-state index contributed by atoms with van der Waals surface area (Å²) in [4.78, 5) is 10.1. The zero-order valence-electron chi connectivity index (χ0n) is 19.9. The lowest BCUT2D eigenvalue weighted by atomic mass is 10.0. The Balaban J connectivity index is 0.00000450. The summed E-state index contributed by atoms with van der Waals surface area (Å²) in [5.41, 5.74) is 0. The van der Waals surface area contributed by atoms with Crippen LogP contribution in [0.5, 0.6) is 0 Å². The summed E-state index contributed by atoms with van der Waals surface area (Å²) >= 11 is 0. The molecular formula is C22H46IN5O2. The second-order valence-corrected chi connectivity index (χ2v) is 8.99. The molecule has 2 aliphatic heterocycles. The van der Waals surface area contributed by atoms with Crippen molar-refractivity contribution in [3.8, 4) is 0 Å². The number of ether oxygens (including phenoxy) is 2. The number of morpholine rings is 2. The lowest BCUT2D eigenvalue weighted by Gasteiger charge is -2.37. The maximum Gasteiger partial charge on any atom is 0.191 e. The number of rotatable bonds is 10. The molecule has 0 amide bonds. The van der Waals surface area contributed by atoms with E-state index in [1.54, 1.807) is 0 Å². The number of aliphatic imine (C=N–C) groups is 1. The highest BCUT2D eigenvalue weighted by molar-refractivity contribution is 14.0. The molecule has 0 aromatic carbocycles. The van der Waals surface area contributed by atoms with Crippen LogP contribution in [0.1, 0.15) is 41.0 Å². The summed E-state index contributed by atoms with van der Waals surface area (Å²) in [6.45, 7) is 21.4. The summed E-state index contributed by atoms with van der Waals surface area (Å²) in [6, 6.07) is 0.975. The molecule has 7 nitrogen and oxygen atoms in total. The van der Waals surface area contributed by atoms with Gasteiger partial charge in [-0.05, 0) is 25.2 Å². The van der Waals surface area contributed by atoms with Crippen LogP contribution in [0.3, 0.4) is 0 Å². The standard InChI is InChI=1S/C22H45N5O2.HI/c1-6-23-22(25-17-21(19(4)5)27-9-13-29-14-10-27)24-16-20(15-18(2)3)26-7-11-28-12-8-26;/h18-21H,6-17H2,1-5H3,(H2,23,24,25);1H. The number of nitrogens with one attached hydrogen (secondary N) is 2. The zero-order chi connectivity index (χ0) is 21.1. The first-order valence-electron chi connectivity index (χ1n) is 11.7. The van der Waals surface area contributed by atoms with E-state index in [9.17, 15) is 0 Å². The van der Waals surface area contributed by atoms with Gasteiger partial charge >= 0.3 is 0 Å². The Hall–Kier alpha value is -0.160. The van der Waals surface area contributed by atoms with Gasteiger partial charge in [0.2, 0.25) is 0 Å². The molecule has 0 aromatic heterocycles. The Morgan fingerprint density at radius 1 is 0.900 bits per heavy atom. The molecule has 30 heavy (non-hydrogen) atoms. The van der Waals surface area contributed by atoms with Crippen LogP contribution in [-0.4, -0.2) is 100 Å². The van der Waals surface area contributed by atoms with E-state index in [0.29, 0.717) is 23.9 Å². The van der Waals surface area contributed by atoms with Gasteiger partial charge in [-0.2, -0.15) is 0 Å². The summed E-state index contributed by atoms with van der Waals surface area (Å²) in [5.74, 6) is 2.19. The molecule has 2 atom stereocenters. The molecule has 2 N–H and O–H groups in total. The zero-order valence-corrected chi connectivity index (χ0v) is 22.2. The fraction of sp³-hybridized carbons (Fsp3) is 0.955. The smallest absolute Gasteiger partial charge is 0.191 e. The van der Waals surface area contributed by atoms with Crippen LogP contribution in [0.25, 0.3) is 0 Å². The van der Waals surface area contributed by atoms with Gasteiger partial charge in [-0.25, -0.2) is 0 Å². The minimum absolute atomic E-state index is 0. The van der Waals surface area contributed by atoms with Crippen LogP contribution < -0.4 is 10.6 Å². The second kappa shape index (κ2) is 15.6. The Kier molecular flexibility index (Phi) is 14.5. The van der Waals surface area contributed by atoms with Crippen molar-refractivity contribution in [1.82, 2.24) is 20.4 Å². The molecular weight excluding hydrogens is 493 g/mol. The third-order valence-corrected chi connectivity index (χ3v) is 5.87. The molecule has 2 fully saturated rings. The first-order valence-corrected chi connectivity index (χ1v) is 11.7. The highest BCUT2D eigenvalue weighted by Crippen LogP contribution is 2.15. The Labute approximate surface area is 201 Å². The van der Waals surface area contributed by atoms with Crippen molar-refractivity contribution in [3.63, 3.8) is 0 Å². The molecule has 2 unspecified atom stereocenters. The van der Waals surface area contributed by atoms with E-state index in [2.05, 4.69) is 55.1 Å². The monoisotopic (exact) mass is 539 g/mol. The molecule has 0 spiro atoms. The van der Waals surface area contributed by atoms with E-state index in [0.717, 1.165) is 78.2 Å². The quantitative estimate of drug-likeness (QED) is 0.253. The minimum Gasteiger partial charge on any atom is -0.379 e. The number of hydrogen-bond acceptors (Lipinski definition) is 5. The molecule has 2 saturated heterocycles. The van der Waals surface area contributed by atoms with Crippen LogP contribution in [0.4, 0.5) is 0 Å². The van der Waals surface area contributed by atoms with Crippen molar-refractivity contribution in [2.24, 2.45) is 16.8 Å². The highest BCUT2D eigenvalue weighted by atomic mass is 127. The van der Waals surface area contributed by atoms with Crippen molar-refractivity contribution in [1.29, 1.82) is 0 Å². The van der Waals surface area contributed by atoms with Crippen LogP contribution in [-0.2, 0) is 9.47 Å². The third kappa shape index (κ3) is 9.97. The van der Waals surface area contributed by atoms with Crippen molar-refractivity contribution in [2.75, 3.05) is 72.2 Å². The Bertz CT molecular complexity index is 466. The van der Waals surface area contributed by atoms with Crippen molar-refractivity contribution in [3.05, 3.63) is 0 Å². The largest absolute Gasteiger partial charge is 0.379 e. The lowest BCUT2D eigenvalue weighted by molar-refractivity contribution is 0.00749. The predicted molar refractivity (Wildman–Crippen MR) is 136 cm³/mol. The van der Waals surface area contributed by atoms with Gasteiger partial charge in [0.1, 0.15) is 0 Å². The average molecular weight is 540 g/mol. The summed E-state index contributed by atoms with van der Waals surface area (Å²) < 4.78 is 11.1. The molecule has 0 radical (unpaired) electrons. The number of guanidine groups is 1. The van der Waals surface area contributed by atoms with Gasteiger partial charge in [0.15, 0.2) is 5.96 Å². The van der Waals surface area contributed by atoms with E-state index >= 15 is 0 Å². The van der Waals surface area contributed by atoms with Gasteiger partial charge < -0.3 is 20.1 Å². The molecule has 0 aliphatic carbocycles. The molecule has 8 heteroatoms. The van der Waals surface area contributed by atoms with Crippen LogP contribution in [0, 0.1) is 11.8 Å². The Morgan fingerprint density at radius 2 is 1.47 bits per heavy atom. The first kappa shape index (κ1) is 27.9. The second-order valence-electron chi connectivity index (χ2n) is 8.99. The minimum atomic E-state index is 0. The summed E-state index contributed by atoms with van der Waals surface area (Å²) in [5, 5.41) is 7.07. The van der Waals surface area contributed by atoms with Crippen LogP contribution in [0.2, 0.25) is 0 Å². The molecule has 2 rings (SSSR count). The third-order valence-electron chi connectivity index (χ3n) is 5.87. The Morgan fingerprint density at radius 3 is 1.97 bits per heavy atom. The molecule has 2 heterocycles. The van der Waals surface area contributed by atoms with E-state index in [4.69, 9.17) is 14.5 Å². The molecule has 0 aromatic rings. The molecule has 178 valence electrons. The van der Waals surface area contributed by atoms with Crippen molar-refractivity contribution in [2.45, 2.75) is 53.1 Å². The van der Waals surface area contributed by atoms with Crippen molar-refractivity contribution >= 4 is 29.9 Å². The number of halogens is 1. The number of nitrogens with zero attached hydrogens (tertiary/aromatic N) is 3. The molecule has 0 bridgehead atoms. The SMILES string of the molecule is CCNC(=NCC(CC(C)C)N1CCOCC1)NCC(C(C)C)N1CCOCC1.I. The summed E-state index contributed by atoms with van der Waals surface area (Å²) in [6.07, 6.45) is 1.17. The topological polar surface area (TPSA) is 61.4 Å². The fourth-order valence-electron chi connectivity index (χ4n) is 4.26. The van der Waals surface area contributed by atoms with Gasteiger partial charge in [-0.3, -0.25) is 14.8 Å². The average Bonchev–Trinajstić information content (AvgIpc) is 2.72. The number of hydrogen-bond donors (Lipinski definition) is 2. The van der Waals surface area contributed by atoms with Gasteiger partial charge in [0.25, 0.3) is 0 Å². The normalized spacial score (nSPS) is 21.4. The van der Waals surface area contributed by atoms with Crippen molar-refractivity contribution < 1.29 is 9.47 Å². The first-order chi connectivity index (χ1) is 14.0. The predicted octanol–water partition coefficient (Wildman–Crippen LogP) is 2.26. The maximum atomic E-state index is 5.55. The molecule has 0 saturated carbocycles.